The Morgan fingerprint density at radius 1 is 1.19 bits per heavy atom. The van der Waals surface area contributed by atoms with Crippen LogP contribution in [0.1, 0.15) is 32.5 Å². The molecule has 0 bridgehead atoms. The molecule has 2 rings (SSSR count). The average Bonchev–Trinajstić information content (AvgIpc) is 3.09. The quantitative estimate of drug-likeness (QED) is 0.489. The fourth-order valence-corrected chi connectivity index (χ4v) is 2.66. The van der Waals surface area contributed by atoms with Crippen molar-refractivity contribution in [2.75, 3.05) is 11.9 Å². The number of hydrogen-bond acceptors (Lipinski definition) is 5. The van der Waals surface area contributed by atoms with Gasteiger partial charge in [0.1, 0.15) is 5.82 Å². The van der Waals surface area contributed by atoms with E-state index in [0.29, 0.717) is 17.0 Å². The van der Waals surface area contributed by atoms with E-state index in [1.165, 1.54) is 0 Å². The van der Waals surface area contributed by atoms with E-state index in [2.05, 4.69) is 25.8 Å². The highest BCUT2D eigenvalue weighted by atomic mass is 32.2. The molecule has 1 unspecified atom stereocenters. The molecule has 0 saturated carbocycles. The van der Waals surface area contributed by atoms with Crippen LogP contribution in [-0.4, -0.2) is 38.8 Å². The van der Waals surface area contributed by atoms with Crippen LogP contribution in [0.2, 0.25) is 0 Å². The van der Waals surface area contributed by atoms with Crippen molar-refractivity contribution in [2.24, 2.45) is 0 Å². The summed E-state index contributed by atoms with van der Waals surface area (Å²) in [6.45, 7) is 5.03. The van der Waals surface area contributed by atoms with Gasteiger partial charge in [0, 0.05) is 5.92 Å². The molecule has 0 fully saturated rings. The molecule has 1 atom stereocenters. The summed E-state index contributed by atoms with van der Waals surface area (Å²) in [6.07, 6.45) is 0. The summed E-state index contributed by atoms with van der Waals surface area (Å²) in [6, 6.07) is 1.58. The first-order valence-corrected chi connectivity index (χ1v) is 8.87. The van der Waals surface area contributed by atoms with E-state index in [0.717, 1.165) is 17.8 Å². The predicted octanol–water partition coefficient (Wildman–Crippen LogP) is 2.58. The van der Waals surface area contributed by atoms with Crippen molar-refractivity contribution in [3.8, 4) is 0 Å². The minimum atomic E-state index is -1.69. The third-order valence-corrected chi connectivity index (χ3v) is 4.37. The summed E-state index contributed by atoms with van der Waals surface area (Å²) in [5, 5.41) is 11.0. The van der Waals surface area contributed by atoms with Gasteiger partial charge in [-0.1, -0.05) is 25.6 Å². The number of carbonyl (C=O) groups excluding carboxylic acids is 2. The molecule has 0 aliphatic rings. The molecule has 0 saturated heterocycles. The number of aromatic nitrogens is 3. The molecular formula is C16H18F3N5O2S. The van der Waals surface area contributed by atoms with Gasteiger partial charge in [0.15, 0.2) is 17.5 Å². The van der Waals surface area contributed by atoms with Gasteiger partial charge >= 0.3 is 0 Å². The smallest absolute Gasteiger partial charge is 0.243 e. The molecule has 0 radical (unpaired) electrons. The van der Waals surface area contributed by atoms with Gasteiger partial charge in [-0.15, -0.1) is 5.10 Å². The number of thioether (sulfide) groups is 1. The Morgan fingerprint density at radius 3 is 2.52 bits per heavy atom. The third-order valence-electron chi connectivity index (χ3n) is 3.41. The molecule has 0 spiro atoms. The lowest BCUT2D eigenvalue weighted by Crippen LogP contribution is -2.37. The highest BCUT2D eigenvalue weighted by Crippen LogP contribution is 2.21. The van der Waals surface area contributed by atoms with Crippen LogP contribution >= 0.6 is 11.8 Å². The summed E-state index contributed by atoms with van der Waals surface area (Å²) in [4.78, 5) is 28.1. The maximum Gasteiger partial charge on any atom is 0.243 e. The van der Waals surface area contributed by atoms with E-state index in [1.807, 2.05) is 13.8 Å². The largest absolute Gasteiger partial charge is 0.346 e. The topological polar surface area (TPSA) is 99.8 Å². The number of hydrogen-bond donors (Lipinski definition) is 3. The van der Waals surface area contributed by atoms with Gasteiger partial charge in [-0.25, -0.2) is 18.2 Å². The van der Waals surface area contributed by atoms with Crippen LogP contribution in [0.4, 0.5) is 18.9 Å². The maximum atomic E-state index is 13.5. The molecule has 2 aromatic rings. The van der Waals surface area contributed by atoms with E-state index in [9.17, 15) is 22.8 Å². The summed E-state index contributed by atoms with van der Waals surface area (Å²) >= 11 is 1.10. The first kappa shape index (κ1) is 20.7. The Bertz CT molecular complexity index is 843. The van der Waals surface area contributed by atoms with E-state index in [-0.39, 0.29) is 5.92 Å². The number of benzene rings is 1. The number of nitrogens with zero attached hydrogens (tertiary/aromatic N) is 2. The first-order chi connectivity index (χ1) is 12.7. The fraction of sp³-hybridized carbons (Fsp3) is 0.375. The van der Waals surface area contributed by atoms with Crippen LogP contribution in [0.15, 0.2) is 17.3 Å². The van der Waals surface area contributed by atoms with Crippen LogP contribution in [0.5, 0.6) is 0 Å². The lowest BCUT2D eigenvalue weighted by molar-refractivity contribution is -0.123. The SMILES string of the molecule is CC(Sc1n[nH]c(C(C)C)n1)C(=O)NCC(=O)Nc1ccc(F)c(F)c1F. The standard InChI is InChI=1S/C16H18F3N5O2S/c1-7(2)14-22-16(24-23-14)27-8(3)15(26)20-6-11(25)21-10-5-4-9(17)12(18)13(10)19/h4-5,7-8H,6H2,1-3H3,(H,20,26)(H,21,25)(H,22,23,24). The van der Waals surface area contributed by atoms with Gasteiger partial charge in [0.05, 0.1) is 17.5 Å². The Labute approximate surface area is 157 Å². The summed E-state index contributed by atoms with van der Waals surface area (Å²) < 4.78 is 39.5. The van der Waals surface area contributed by atoms with Crippen molar-refractivity contribution in [1.82, 2.24) is 20.5 Å². The fourth-order valence-electron chi connectivity index (χ4n) is 1.91. The van der Waals surface area contributed by atoms with Gasteiger partial charge in [-0.05, 0) is 19.1 Å². The molecule has 0 aliphatic heterocycles. The van der Waals surface area contributed by atoms with Crippen LogP contribution in [-0.2, 0) is 9.59 Å². The summed E-state index contributed by atoms with van der Waals surface area (Å²) in [5.74, 6) is -4.95. The molecule has 1 aromatic carbocycles. The summed E-state index contributed by atoms with van der Waals surface area (Å²) in [7, 11) is 0. The molecule has 11 heteroatoms. The van der Waals surface area contributed by atoms with Crippen molar-refractivity contribution in [1.29, 1.82) is 0 Å². The van der Waals surface area contributed by atoms with Crippen molar-refractivity contribution in [3.05, 3.63) is 35.4 Å². The van der Waals surface area contributed by atoms with E-state index >= 15 is 0 Å². The number of rotatable bonds is 7. The van der Waals surface area contributed by atoms with Crippen LogP contribution in [0, 0.1) is 17.5 Å². The second kappa shape index (κ2) is 8.89. The molecule has 1 aromatic heterocycles. The van der Waals surface area contributed by atoms with Crippen molar-refractivity contribution in [2.45, 2.75) is 37.1 Å². The molecule has 0 aliphatic carbocycles. The number of nitrogens with one attached hydrogen (secondary N) is 3. The molecular weight excluding hydrogens is 383 g/mol. The second-order valence-corrected chi connectivity index (χ2v) is 7.21. The third kappa shape index (κ3) is 5.46. The molecule has 7 nitrogen and oxygen atoms in total. The molecule has 146 valence electrons. The number of carbonyl (C=O) groups is 2. The van der Waals surface area contributed by atoms with Gasteiger partial charge in [0.25, 0.3) is 0 Å². The minimum Gasteiger partial charge on any atom is -0.346 e. The Balaban J connectivity index is 1.85. The zero-order valence-electron chi connectivity index (χ0n) is 14.8. The van der Waals surface area contributed by atoms with Gasteiger partial charge < -0.3 is 10.6 Å². The first-order valence-electron chi connectivity index (χ1n) is 7.99. The number of anilines is 1. The zero-order valence-corrected chi connectivity index (χ0v) is 15.6. The van der Waals surface area contributed by atoms with E-state index in [4.69, 9.17) is 0 Å². The zero-order chi connectivity index (χ0) is 20.1. The van der Waals surface area contributed by atoms with E-state index < -0.39 is 46.7 Å². The maximum absolute atomic E-state index is 13.5. The van der Waals surface area contributed by atoms with Crippen LogP contribution in [0.3, 0.4) is 0 Å². The van der Waals surface area contributed by atoms with E-state index in [1.54, 1.807) is 6.92 Å². The molecule has 2 amide bonds. The van der Waals surface area contributed by atoms with Crippen LogP contribution in [0.25, 0.3) is 0 Å². The molecule has 27 heavy (non-hydrogen) atoms. The number of amides is 2. The number of H-pyrrole nitrogens is 1. The minimum absolute atomic E-state index is 0.163. The number of halogens is 3. The van der Waals surface area contributed by atoms with Crippen molar-refractivity contribution < 1.29 is 22.8 Å². The lowest BCUT2D eigenvalue weighted by atomic mass is 10.2. The van der Waals surface area contributed by atoms with Gasteiger partial charge in [-0.3, -0.25) is 14.7 Å². The lowest BCUT2D eigenvalue weighted by Gasteiger charge is -2.11. The van der Waals surface area contributed by atoms with Crippen molar-refractivity contribution >= 4 is 29.3 Å². The van der Waals surface area contributed by atoms with Gasteiger partial charge in [-0.2, -0.15) is 0 Å². The molecule has 1 heterocycles. The highest BCUT2D eigenvalue weighted by Gasteiger charge is 2.19. The monoisotopic (exact) mass is 401 g/mol. The Kier molecular flexibility index (Phi) is 6.83. The predicted molar refractivity (Wildman–Crippen MR) is 93.7 cm³/mol. The Hall–Kier alpha value is -2.56. The average molecular weight is 401 g/mol. The number of aromatic amines is 1. The van der Waals surface area contributed by atoms with Crippen LogP contribution < -0.4 is 10.6 Å². The molecule has 3 N–H and O–H groups in total. The normalized spacial score (nSPS) is 12.1. The highest BCUT2D eigenvalue weighted by molar-refractivity contribution is 8.00. The Morgan fingerprint density at radius 2 is 1.89 bits per heavy atom. The second-order valence-electron chi connectivity index (χ2n) is 5.91. The van der Waals surface area contributed by atoms with Crippen molar-refractivity contribution in [3.63, 3.8) is 0 Å². The summed E-state index contributed by atoms with van der Waals surface area (Å²) in [5.41, 5.74) is -0.516. The van der Waals surface area contributed by atoms with Gasteiger partial charge in [0.2, 0.25) is 17.0 Å².